The van der Waals surface area contributed by atoms with Crippen LogP contribution in [0.1, 0.15) is 13.8 Å². The molecule has 0 unspecified atom stereocenters. The second-order valence-electron chi connectivity index (χ2n) is 5.70. The molecule has 0 aliphatic rings. The molecule has 0 spiro atoms. The Morgan fingerprint density at radius 3 is 1.29 bits per heavy atom. The van der Waals surface area contributed by atoms with Crippen molar-refractivity contribution < 1.29 is 40.6 Å². The summed E-state index contributed by atoms with van der Waals surface area (Å²) in [6, 6.07) is 10.3. The first kappa shape index (κ1) is 24.0. The molecule has 0 aliphatic heterocycles. The lowest BCUT2D eigenvalue weighted by Crippen LogP contribution is -2.31. The maximum absolute atomic E-state index is 12.1. The maximum Gasteiger partial charge on any atom is 0.421 e. The monoisotopic (exact) mass is 472 g/mol. The fourth-order valence-electron chi connectivity index (χ4n) is 2.17. The molecule has 13 heteroatoms. The van der Waals surface area contributed by atoms with Crippen LogP contribution in [0.2, 0.25) is 0 Å². The van der Waals surface area contributed by atoms with Crippen LogP contribution in [0.25, 0.3) is 0 Å². The molecule has 2 N–H and O–H groups in total. The molecule has 2 aromatic carbocycles. The third kappa shape index (κ3) is 6.86. The van der Waals surface area contributed by atoms with Crippen LogP contribution in [-0.4, -0.2) is 42.2 Å². The van der Waals surface area contributed by atoms with Crippen molar-refractivity contribution in [2.75, 3.05) is 13.2 Å². The zero-order valence-corrected chi connectivity index (χ0v) is 18.2. The number of carbonyl (C=O) groups excluding carboxylic acids is 2. The van der Waals surface area contributed by atoms with Gasteiger partial charge in [0.1, 0.15) is 11.5 Å². The van der Waals surface area contributed by atoms with Crippen LogP contribution in [0.5, 0.6) is 11.5 Å². The summed E-state index contributed by atoms with van der Waals surface area (Å²) >= 11 is 0. The van der Waals surface area contributed by atoms with E-state index in [2.05, 4.69) is 9.47 Å². The van der Waals surface area contributed by atoms with Gasteiger partial charge < -0.3 is 14.2 Å². The summed E-state index contributed by atoms with van der Waals surface area (Å²) < 4.78 is 66.5. The van der Waals surface area contributed by atoms with Gasteiger partial charge in [-0.1, -0.05) is 0 Å². The average Bonchev–Trinajstić information content (AvgIpc) is 2.68. The number of nitrogens with one attached hydrogen (secondary N) is 2. The second-order valence-corrected chi connectivity index (χ2v) is 9.06. The number of rotatable bonds is 8. The van der Waals surface area contributed by atoms with E-state index in [9.17, 15) is 26.4 Å². The highest BCUT2D eigenvalue weighted by Crippen LogP contribution is 2.24. The van der Waals surface area contributed by atoms with Crippen molar-refractivity contribution >= 4 is 32.2 Å². The molecule has 168 valence electrons. The number of carbonyl (C=O) groups is 2. The van der Waals surface area contributed by atoms with E-state index in [4.69, 9.17) is 4.74 Å². The Labute approximate surface area is 179 Å². The molecule has 0 aromatic heterocycles. The fraction of sp³-hybridized carbons (Fsp3) is 0.222. The molecule has 0 bridgehead atoms. The van der Waals surface area contributed by atoms with E-state index in [1.165, 1.54) is 62.4 Å². The highest BCUT2D eigenvalue weighted by molar-refractivity contribution is 7.90. The molecule has 0 saturated carbocycles. The Bertz CT molecular complexity index is 1040. The Morgan fingerprint density at radius 1 is 0.677 bits per heavy atom. The second kappa shape index (κ2) is 10.1. The molecular weight excluding hydrogens is 452 g/mol. The lowest BCUT2D eigenvalue weighted by Gasteiger charge is -2.10. The largest absolute Gasteiger partial charge is 0.457 e. The number of ether oxygens (including phenoxy) is 3. The zero-order chi connectivity index (χ0) is 23.1. The fourth-order valence-corrected chi connectivity index (χ4v) is 3.95. The quantitative estimate of drug-likeness (QED) is 0.589. The Hall–Kier alpha value is -3.32. The van der Waals surface area contributed by atoms with E-state index in [1.54, 1.807) is 9.44 Å². The van der Waals surface area contributed by atoms with E-state index in [0.29, 0.717) is 0 Å². The zero-order valence-electron chi connectivity index (χ0n) is 16.5. The molecule has 31 heavy (non-hydrogen) atoms. The van der Waals surface area contributed by atoms with Crippen molar-refractivity contribution in [2.45, 2.75) is 23.6 Å². The summed E-state index contributed by atoms with van der Waals surface area (Å²) in [6.07, 6.45) is -2.18. The van der Waals surface area contributed by atoms with Gasteiger partial charge in [-0.2, -0.15) is 0 Å². The first-order valence-corrected chi connectivity index (χ1v) is 11.8. The van der Waals surface area contributed by atoms with Crippen molar-refractivity contribution in [2.24, 2.45) is 0 Å². The maximum atomic E-state index is 12.1. The standard InChI is InChI=1S/C18H20N2O9S2/c1-3-27-17(21)19-30(23,24)15-9-5-13(6-10-15)29-14-7-11-16(12-8-14)31(25,26)20-18(22)28-4-2/h5-12H,3-4H2,1-2H3,(H,19,21)(H,20,22). The highest BCUT2D eigenvalue weighted by atomic mass is 32.2. The molecule has 0 fully saturated rings. The van der Waals surface area contributed by atoms with Gasteiger partial charge >= 0.3 is 12.2 Å². The van der Waals surface area contributed by atoms with E-state index in [1.807, 2.05) is 0 Å². The molecule has 0 radical (unpaired) electrons. The molecule has 2 amide bonds. The van der Waals surface area contributed by atoms with Crippen molar-refractivity contribution in [3.63, 3.8) is 0 Å². The molecule has 11 nitrogen and oxygen atoms in total. The normalized spacial score (nSPS) is 11.3. The Kier molecular flexibility index (Phi) is 7.83. The first-order chi connectivity index (χ1) is 14.6. The van der Waals surface area contributed by atoms with Crippen LogP contribution in [-0.2, 0) is 29.5 Å². The minimum atomic E-state index is -4.10. The minimum Gasteiger partial charge on any atom is -0.457 e. The van der Waals surface area contributed by atoms with Crippen molar-refractivity contribution in [1.29, 1.82) is 0 Å². The summed E-state index contributed by atoms with van der Waals surface area (Å²) in [7, 11) is -8.20. The van der Waals surface area contributed by atoms with Crippen molar-refractivity contribution in [1.82, 2.24) is 9.44 Å². The van der Waals surface area contributed by atoms with Crippen LogP contribution < -0.4 is 14.2 Å². The summed E-state index contributed by atoms with van der Waals surface area (Å²) in [5.74, 6) is 0.519. The van der Waals surface area contributed by atoms with Crippen molar-refractivity contribution in [3.8, 4) is 11.5 Å². The molecule has 0 saturated heterocycles. The smallest absolute Gasteiger partial charge is 0.421 e. The van der Waals surface area contributed by atoms with Crippen LogP contribution in [0.3, 0.4) is 0 Å². The van der Waals surface area contributed by atoms with Crippen LogP contribution in [0.15, 0.2) is 58.3 Å². The summed E-state index contributed by atoms with van der Waals surface area (Å²) in [5, 5.41) is 0. The van der Waals surface area contributed by atoms with E-state index < -0.39 is 32.2 Å². The van der Waals surface area contributed by atoms with Gasteiger partial charge in [0, 0.05) is 0 Å². The predicted molar refractivity (Wildman–Crippen MR) is 108 cm³/mol. The average molecular weight is 472 g/mol. The van der Waals surface area contributed by atoms with Gasteiger partial charge in [0.15, 0.2) is 0 Å². The highest BCUT2D eigenvalue weighted by Gasteiger charge is 2.19. The third-order valence-electron chi connectivity index (χ3n) is 3.49. The lowest BCUT2D eigenvalue weighted by molar-refractivity contribution is 0.157. The SMILES string of the molecule is CCOC(=O)NS(=O)(=O)c1ccc(Oc2ccc(S(=O)(=O)NC(=O)OCC)cc2)cc1. The molecule has 2 aromatic rings. The van der Waals surface area contributed by atoms with Gasteiger partial charge in [0.25, 0.3) is 20.0 Å². The number of amides is 2. The molecule has 2 rings (SSSR count). The van der Waals surface area contributed by atoms with Crippen LogP contribution >= 0.6 is 0 Å². The van der Waals surface area contributed by atoms with Gasteiger partial charge in [0.05, 0.1) is 23.0 Å². The first-order valence-electron chi connectivity index (χ1n) is 8.84. The van der Waals surface area contributed by atoms with Crippen molar-refractivity contribution in [3.05, 3.63) is 48.5 Å². The van der Waals surface area contributed by atoms with Crippen LogP contribution in [0, 0.1) is 0 Å². The summed E-state index contributed by atoms with van der Waals surface area (Å²) in [6.45, 7) is 3.12. The number of hydrogen-bond donors (Lipinski definition) is 2. The molecule has 0 atom stereocenters. The Balaban J connectivity index is 2.07. The topological polar surface area (TPSA) is 154 Å². The van der Waals surface area contributed by atoms with Gasteiger partial charge in [0.2, 0.25) is 0 Å². The van der Waals surface area contributed by atoms with Crippen LogP contribution in [0.4, 0.5) is 9.59 Å². The van der Waals surface area contributed by atoms with Gasteiger partial charge in [-0.15, -0.1) is 0 Å². The van der Waals surface area contributed by atoms with Gasteiger partial charge in [-0.05, 0) is 62.4 Å². The summed E-state index contributed by atoms with van der Waals surface area (Å²) in [5.41, 5.74) is 0. The summed E-state index contributed by atoms with van der Waals surface area (Å²) in [4.78, 5) is 22.3. The van der Waals surface area contributed by atoms with E-state index in [0.717, 1.165) is 0 Å². The van der Waals surface area contributed by atoms with Gasteiger partial charge in [-0.25, -0.2) is 35.9 Å². The predicted octanol–water partition coefficient (Wildman–Crippen LogP) is 2.35. The molecule has 0 heterocycles. The Morgan fingerprint density at radius 2 is 1.00 bits per heavy atom. The lowest BCUT2D eigenvalue weighted by atomic mass is 10.3. The number of benzene rings is 2. The van der Waals surface area contributed by atoms with Gasteiger partial charge in [-0.3, -0.25) is 0 Å². The third-order valence-corrected chi connectivity index (χ3v) is 6.15. The number of hydrogen-bond acceptors (Lipinski definition) is 9. The van der Waals surface area contributed by atoms with E-state index >= 15 is 0 Å². The molecule has 0 aliphatic carbocycles. The number of sulfonamides is 2. The van der Waals surface area contributed by atoms with E-state index in [-0.39, 0.29) is 34.5 Å². The molecular formula is C18H20N2O9S2. The minimum absolute atomic E-state index is 0.0209.